The SMILES string of the molecule is COc1cc(C(=O)CC2CCCN(C(=O)OC(C)OC(=O)CN)C2)cc(C)c1C. The first-order valence-electron chi connectivity index (χ1n) is 9.78. The lowest BCUT2D eigenvalue weighted by atomic mass is 9.90. The molecule has 1 heterocycles. The molecule has 0 saturated carbocycles. The van der Waals surface area contributed by atoms with Gasteiger partial charge < -0.3 is 24.8 Å². The molecule has 2 unspecified atom stereocenters. The van der Waals surface area contributed by atoms with E-state index >= 15 is 0 Å². The lowest BCUT2D eigenvalue weighted by Crippen LogP contribution is -2.42. The van der Waals surface area contributed by atoms with Crippen LogP contribution < -0.4 is 10.5 Å². The molecule has 1 aliphatic heterocycles. The zero-order valence-electron chi connectivity index (χ0n) is 17.5. The van der Waals surface area contributed by atoms with Crippen LogP contribution in [-0.2, 0) is 14.3 Å². The zero-order valence-corrected chi connectivity index (χ0v) is 17.5. The molecule has 2 N–H and O–H groups in total. The third-order valence-electron chi connectivity index (χ3n) is 5.14. The number of hydrogen-bond donors (Lipinski definition) is 1. The fourth-order valence-electron chi connectivity index (χ4n) is 3.45. The Balaban J connectivity index is 1.95. The van der Waals surface area contributed by atoms with Gasteiger partial charge in [-0.05, 0) is 55.9 Å². The molecule has 0 aromatic heterocycles. The molecule has 0 radical (unpaired) electrons. The summed E-state index contributed by atoms with van der Waals surface area (Å²) in [5, 5.41) is 0. The third kappa shape index (κ3) is 6.19. The van der Waals surface area contributed by atoms with Crippen molar-refractivity contribution in [2.24, 2.45) is 11.7 Å². The summed E-state index contributed by atoms with van der Waals surface area (Å²) >= 11 is 0. The van der Waals surface area contributed by atoms with Crippen molar-refractivity contribution < 1.29 is 28.6 Å². The molecule has 2 atom stereocenters. The fraction of sp³-hybridized carbons (Fsp3) is 0.571. The summed E-state index contributed by atoms with van der Waals surface area (Å²) in [4.78, 5) is 37.8. The number of esters is 1. The first-order valence-corrected chi connectivity index (χ1v) is 9.78. The van der Waals surface area contributed by atoms with E-state index in [4.69, 9.17) is 19.9 Å². The number of carbonyl (C=O) groups excluding carboxylic acids is 3. The quantitative estimate of drug-likeness (QED) is 0.421. The van der Waals surface area contributed by atoms with Crippen LogP contribution in [0, 0.1) is 19.8 Å². The molecule has 0 bridgehead atoms. The van der Waals surface area contributed by atoms with Crippen molar-refractivity contribution in [3.8, 4) is 5.75 Å². The molecule has 2 rings (SSSR count). The average molecular weight is 406 g/mol. The summed E-state index contributed by atoms with van der Waals surface area (Å²) in [5.74, 6) is 0.120. The number of aryl methyl sites for hydroxylation is 1. The lowest BCUT2D eigenvalue weighted by molar-refractivity contribution is -0.164. The molecular weight excluding hydrogens is 376 g/mol. The molecule has 1 aromatic rings. The highest BCUT2D eigenvalue weighted by Crippen LogP contribution is 2.27. The van der Waals surface area contributed by atoms with Gasteiger partial charge in [-0.3, -0.25) is 9.59 Å². The van der Waals surface area contributed by atoms with Crippen LogP contribution in [0.3, 0.4) is 0 Å². The van der Waals surface area contributed by atoms with Crippen molar-refractivity contribution in [2.75, 3.05) is 26.7 Å². The maximum absolute atomic E-state index is 12.8. The van der Waals surface area contributed by atoms with Gasteiger partial charge in [0.15, 0.2) is 5.78 Å². The highest BCUT2D eigenvalue weighted by atomic mass is 16.7. The minimum atomic E-state index is -1.01. The lowest BCUT2D eigenvalue weighted by Gasteiger charge is -2.32. The monoisotopic (exact) mass is 406 g/mol. The number of methoxy groups -OCH3 is 1. The van der Waals surface area contributed by atoms with Crippen LogP contribution in [0.15, 0.2) is 12.1 Å². The number of benzene rings is 1. The van der Waals surface area contributed by atoms with Gasteiger partial charge in [0.05, 0.1) is 13.7 Å². The van der Waals surface area contributed by atoms with E-state index in [1.807, 2.05) is 19.9 Å². The van der Waals surface area contributed by atoms with E-state index in [1.54, 1.807) is 18.1 Å². The number of rotatable bonds is 7. The summed E-state index contributed by atoms with van der Waals surface area (Å²) in [6, 6.07) is 3.65. The Morgan fingerprint density at radius 1 is 1.24 bits per heavy atom. The van der Waals surface area contributed by atoms with Gasteiger partial charge in [0.25, 0.3) is 0 Å². The predicted molar refractivity (Wildman–Crippen MR) is 107 cm³/mol. The van der Waals surface area contributed by atoms with Crippen LogP contribution in [0.1, 0.15) is 47.7 Å². The summed E-state index contributed by atoms with van der Waals surface area (Å²) < 4.78 is 15.4. The summed E-state index contributed by atoms with van der Waals surface area (Å²) in [5.41, 5.74) is 7.81. The average Bonchev–Trinajstić information content (AvgIpc) is 2.69. The molecule has 1 fully saturated rings. The summed E-state index contributed by atoms with van der Waals surface area (Å²) in [6.07, 6.45) is 0.402. The number of amides is 1. The number of piperidine rings is 1. The standard InChI is InChI=1S/C21H30N2O6/c1-13-8-17(10-19(27-4)14(13)2)18(24)9-16-6-5-7-23(12-16)21(26)29-15(3)28-20(25)11-22/h8,10,15-16H,5-7,9,11-12,22H2,1-4H3. The number of carbonyl (C=O) groups is 3. The molecule has 1 amide bonds. The second-order valence-electron chi connectivity index (χ2n) is 7.35. The minimum absolute atomic E-state index is 0.0249. The number of hydrogen-bond acceptors (Lipinski definition) is 7. The normalized spacial score (nSPS) is 17.4. The van der Waals surface area contributed by atoms with Crippen molar-refractivity contribution in [1.82, 2.24) is 4.90 Å². The van der Waals surface area contributed by atoms with Crippen molar-refractivity contribution in [3.63, 3.8) is 0 Å². The van der Waals surface area contributed by atoms with Gasteiger partial charge in [-0.15, -0.1) is 0 Å². The number of nitrogens with two attached hydrogens (primary N) is 1. The van der Waals surface area contributed by atoms with Crippen LogP contribution in [0.25, 0.3) is 0 Å². The highest BCUT2D eigenvalue weighted by molar-refractivity contribution is 5.97. The topological polar surface area (TPSA) is 108 Å². The molecule has 1 saturated heterocycles. The van der Waals surface area contributed by atoms with Gasteiger partial charge in [-0.2, -0.15) is 0 Å². The van der Waals surface area contributed by atoms with Gasteiger partial charge in [0, 0.05) is 32.0 Å². The van der Waals surface area contributed by atoms with Crippen molar-refractivity contribution in [2.45, 2.75) is 46.3 Å². The van der Waals surface area contributed by atoms with E-state index in [0.717, 1.165) is 24.0 Å². The van der Waals surface area contributed by atoms with Crippen molar-refractivity contribution >= 4 is 17.8 Å². The van der Waals surface area contributed by atoms with Crippen LogP contribution in [0.4, 0.5) is 4.79 Å². The first kappa shape index (κ1) is 22.7. The Hall–Kier alpha value is -2.61. The van der Waals surface area contributed by atoms with Crippen LogP contribution >= 0.6 is 0 Å². The van der Waals surface area contributed by atoms with Gasteiger partial charge in [-0.25, -0.2) is 4.79 Å². The second-order valence-corrected chi connectivity index (χ2v) is 7.35. The van der Waals surface area contributed by atoms with E-state index in [9.17, 15) is 14.4 Å². The maximum atomic E-state index is 12.8. The molecule has 0 spiro atoms. The molecular formula is C21H30N2O6. The molecule has 0 aliphatic carbocycles. The first-order chi connectivity index (χ1) is 13.7. The van der Waals surface area contributed by atoms with Gasteiger partial charge >= 0.3 is 12.1 Å². The maximum Gasteiger partial charge on any atom is 0.412 e. The zero-order chi connectivity index (χ0) is 21.6. The minimum Gasteiger partial charge on any atom is -0.496 e. The van der Waals surface area contributed by atoms with E-state index in [1.165, 1.54) is 6.92 Å². The largest absolute Gasteiger partial charge is 0.496 e. The second kappa shape index (κ2) is 10.2. The van der Waals surface area contributed by atoms with Crippen LogP contribution in [0.2, 0.25) is 0 Å². The summed E-state index contributed by atoms with van der Waals surface area (Å²) in [7, 11) is 1.59. The molecule has 1 aromatic carbocycles. The Labute approximate surface area is 171 Å². The van der Waals surface area contributed by atoms with E-state index in [-0.39, 0.29) is 18.2 Å². The van der Waals surface area contributed by atoms with Gasteiger partial charge in [0.1, 0.15) is 5.75 Å². The van der Waals surface area contributed by atoms with Gasteiger partial charge in [-0.1, -0.05) is 0 Å². The predicted octanol–water partition coefficient (Wildman–Crippen LogP) is 2.58. The number of ketones is 1. The van der Waals surface area contributed by atoms with E-state index in [2.05, 4.69) is 0 Å². The van der Waals surface area contributed by atoms with Crippen molar-refractivity contribution in [3.05, 3.63) is 28.8 Å². The van der Waals surface area contributed by atoms with Crippen LogP contribution in [-0.4, -0.2) is 55.8 Å². The Morgan fingerprint density at radius 2 is 1.97 bits per heavy atom. The Kier molecular flexibility index (Phi) is 8.01. The Bertz CT molecular complexity index is 764. The smallest absolute Gasteiger partial charge is 0.412 e. The fourth-order valence-corrected chi connectivity index (χ4v) is 3.45. The van der Waals surface area contributed by atoms with E-state index in [0.29, 0.717) is 30.8 Å². The molecule has 8 heteroatoms. The number of ether oxygens (including phenoxy) is 3. The molecule has 160 valence electrons. The molecule has 8 nitrogen and oxygen atoms in total. The van der Waals surface area contributed by atoms with Crippen LogP contribution in [0.5, 0.6) is 5.75 Å². The van der Waals surface area contributed by atoms with E-state index < -0.39 is 18.4 Å². The number of likely N-dealkylation sites (tertiary alicyclic amines) is 1. The van der Waals surface area contributed by atoms with Crippen molar-refractivity contribution in [1.29, 1.82) is 0 Å². The highest BCUT2D eigenvalue weighted by Gasteiger charge is 2.28. The Morgan fingerprint density at radius 3 is 2.62 bits per heavy atom. The van der Waals surface area contributed by atoms with Gasteiger partial charge in [0.2, 0.25) is 6.29 Å². The number of Topliss-reactive ketones (excluding diaryl/α,β-unsaturated/α-hetero) is 1. The third-order valence-corrected chi connectivity index (χ3v) is 5.14. The molecule has 29 heavy (non-hydrogen) atoms. The summed E-state index contributed by atoms with van der Waals surface area (Å²) in [6.45, 7) is 6.05. The molecule has 1 aliphatic rings. The number of nitrogens with zero attached hydrogens (tertiary/aromatic N) is 1.